The van der Waals surface area contributed by atoms with Crippen LogP contribution < -0.4 is 20.1 Å². The lowest BCUT2D eigenvalue weighted by Crippen LogP contribution is -2.41. The number of amides is 3. The zero-order chi connectivity index (χ0) is 20.6. The van der Waals surface area contributed by atoms with E-state index in [-0.39, 0.29) is 17.1 Å². The largest absolute Gasteiger partial charge is 0.489 e. The maximum atomic E-state index is 12.2. The standard InChI is InChI=1S/C20H19ClN2O6/c21-15-9-14(10-16-18(15)28-8-4-7-27-16)19(25)29-12-17(24)23-20(26)22-11-13-5-2-1-3-6-13/h1-3,5-6,9-10H,4,7-8,11-12H2,(H2,22,23,24,26). The van der Waals surface area contributed by atoms with Crippen molar-refractivity contribution < 1.29 is 28.6 Å². The molecular weight excluding hydrogens is 400 g/mol. The number of hydrogen-bond acceptors (Lipinski definition) is 6. The number of esters is 1. The second kappa shape index (κ2) is 9.79. The van der Waals surface area contributed by atoms with E-state index in [1.165, 1.54) is 12.1 Å². The molecule has 1 aliphatic rings. The van der Waals surface area contributed by atoms with Crippen LogP contribution in [0.4, 0.5) is 4.79 Å². The van der Waals surface area contributed by atoms with E-state index in [0.29, 0.717) is 31.1 Å². The quantitative estimate of drug-likeness (QED) is 0.724. The van der Waals surface area contributed by atoms with Gasteiger partial charge in [0, 0.05) is 13.0 Å². The molecular formula is C20H19ClN2O6. The lowest BCUT2D eigenvalue weighted by atomic mass is 10.2. The molecule has 0 unspecified atom stereocenters. The molecule has 0 saturated carbocycles. The number of nitrogens with one attached hydrogen (secondary N) is 2. The van der Waals surface area contributed by atoms with Crippen LogP contribution >= 0.6 is 11.6 Å². The molecule has 152 valence electrons. The molecule has 0 spiro atoms. The Morgan fingerprint density at radius 3 is 2.62 bits per heavy atom. The minimum atomic E-state index is -0.776. The molecule has 0 fully saturated rings. The van der Waals surface area contributed by atoms with Gasteiger partial charge in [0.05, 0.1) is 23.8 Å². The van der Waals surface area contributed by atoms with Gasteiger partial charge in [-0.15, -0.1) is 0 Å². The van der Waals surface area contributed by atoms with Gasteiger partial charge in [0.2, 0.25) is 0 Å². The molecule has 0 bridgehead atoms. The first-order valence-electron chi connectivity index (χ1n) is 8.91. The van der Waals surface area contributed by atoms with E-state index in [2.05, 4.69) is 10.6 Å². The summed E-state index contributed by atoms with van der Waals surface area (Å²) in [6.45, 7) is 0.532. The second-order valence-electron chi connectivity index (χ2n) is 6.13. The zero-order valence-electron chi connectivity index (χ0n) is 15.4. The van der Waals surface area contributed by atoms with Gasteiger partial charge < -0.3 is 19.5 Å². The highest BCUT2D eigenvalue weighted by atomic mass is 35.5. The van der Waals surface area contributed by atoms with Crippen molar-refractivity contribution in [2.45, 2.75) is 13.0 Å². The first-order chi connectivity index (χ1) is 14.0. The van der Waals surface area contributed by atoms with Crippen LogP contribution in [0.5, 0.6) is 11.5 Å². The molecule has 8 nitrogen and oxygen atoms in total. The maximum absolute atomic E-state index is 12.2. The average Bonchev–Trinajstić information content (AvgIpc) is 2.97. The van der Waals surface area contributed by atoms with Crippen LogP contribution in [-0.2, 0) is 16.1 Å². The molecule has 0 aromatic heterocycles. The molecule has 2 N–H and O–H groups in total. The Morgan fingerprint density at radius 1 is 1.07 bits per heavy atom. The number of carbonyl (C=O) groups is 3. The van der Waals surface area contributed by atoms with E-state index in [4.69, 9.17) is 25.8 Å². The number of ether oxygens (including phenoxy) is 3. The third-order valence-electron chi connectivity index (χ3n) is 3.92. The molecule has 9 heteroatoms. The highest BCUT2D eigenvalue weighted by molar-refractivity contribution is 6.32. The summed E-state index contributed by atoms with van der Waals surface area (Å²) in [4.78, 5) is 35.8. The molecule has 0 radical (unpaired) electrons. The predicted molar refractivity (Wildman–Crippen MR) is 104 cm³/mol. The van der Waals surface area contributed by atoms with E-state index < -0.39 is 24.5 Å². The van der Waals surface area contributed by atoms with Crippen molar-refractivity contribution in [1.29, 1.82) is 0 Å². The van der Waals surface area contributed by atoms with Gasteiger partial charge in [0.25, 0.3) is 5.91 Å². The molecule has 29 heavy (non-hydrogen) atoms. The minimum absolute atomic E-state index is 0.112. The van der Waals surface area contributed by atoms with E-state index in [9.17, 15) is 14.4 Å². The molecule has 1 heterocycles. The topological polar surface area (TPSA) is 103 Å². The van der Waals surface area contributed by atoms with Gasteiger partial charge in [-0.2, -0.15) is 0 Å². The number of rotatable bonds is 5. The van der Waals surface area contributed by atoms with Gasteiger partial charge in [-0.05, 0) is 17.7 Å². The van der Waals surface area contributed by atoms with Crippen molar-refractivity contribution in [3.05, 3.63) is 58.6 Å². The normalized spacial score (nSPS) is 12.4. The molecule has 0 atom stereocenters. The predicted octanol–water partition coefficient (Wildman–Crippen LogP) is 2.68. The fourth-order valence-electron chi connectivity index (χ4n) is 2.55. The Bertz CT molecular complexity index is 903. The van der Waals surface area contributed by atoms with Crippen molar-refractivity contribution in [2.24, 2.45) is 0 Å². The number of benzene rings is 2. The Labute approximate surface area is 172 Å². The Hall–Kier alpha value is -3.26. The zero-order valence-corrected chi connectivity index (χ0v) is 16.2. The second-order valence-corrected chi connectivity index (χ2v) is 6.54. The lowest BCUT2D eigenvalue weighted by Gasteiger charge is -2.11. The third-order valence-corrected chi connectivity index (χ3v) is 4.20. The highest BCUT2D eigenvalue weighted by Gasteiger charge is 2.20. The van der Waals surface area contributed by atoms with Gasteiger partial charge >= 0.3 is 12.0 Å². The molecule has 1 aliphatic heterocycles. The van der Waals surface area contributed by atoms with Crippen LogP contribution in [0.1, 0.15) is 22.3 Å². The van der Waals surface area contributed by atoms with Crippen molar-refractivity contribution in [1.82, 2.24) is 10.6 Å². The van der Waals surface area contributed by atoms with Crippen LogP contribution in [0.25, 0.3) is 0 Å². The maximum Gasteiger partial charge on any atom is 0.338 e. The van der Waals surface area contributed by atoms with Crippen LogP contribution in [0.3, 0.4) is 0 Å². The van der Waals surface area contributed by atoms with Gasteiger partial charge in [0.15, 0.2) is 18.1 Å². The molecule has 0 saturated heterocycles. The van der Waals surface area contributed by atoms with Crippen LogP contribution in [0, 0.1) is 0 Å². The number of carbonyl (C=O) groups excluding carboxylic acids is 3. The summed E-state index contributed by atoms with van der Waals surface area (Å²) in [5.41, 5.74) is 0.994. The van der Waals surface area contributed by atoms with E-state index in [1.807, 2.05) is 30.3 Å². The molecule has 2 aromatic rings. The van der Waals surface area contributed by atoms with Crippen molar-refractivity contribution in [3.8, 4) is 11.5 Å². The number of urea groups is 1. The van der Waals surface area contributed by atoms with Crippen LogP contribution in [-0.4, -0.2) is 37.7 Å². The average molecular weight is 419 g/mol. The number of hydrogen-bond donors (Lipinski definition) is 2. The van der Waals surface area contributed by atoms with Gasteiger partial charge in [0.1, 0.15) is 0 Å². The molecule has 0 aliphatic carbocycles. The summed E-state index contributed by atoms with van der Waals surface area (Å²) in [6.07, 6.45) is 0.692. The highest BCUT2D eigenvalue weighted by Crippen LogP contribution is 2.38. The molecule has 2 aromatic carbocycles. The molecule has 3 rings (SSSR count). The first-order valence-corrected chi connectivity index (χ1v) is 9.28. The summed E-state index contributed by atoms with van der Waals surface area (Å²) in [7, 11) is 0. The van der Waals surface area contributed by atoms with E-state index in [0.717, 1.165) is 5.56 Å². The van der Waals surface area contributed by atoms with Crippen molar-refractivity contribution in [3.63, 3.8) is 0 Å². The van der Waals surface area contributed by atoms with Gasteiger partial charge in [-0.25, -0.2) is 9.59 Å². The van der Waals surface area contributed by atoms with Crippen LogP contribution in [0.2, 0.25) is 5.02 Å². The van der Waals surface area contributed by atoms with Crippen molar-refractivity contribution >= 4 is 29.5 Å². The summed E-state index contributed by atoms with van der Waals surface area (Å²) >= 11 is 6.14. The number of imide groups is 1. The van der Waals surface area contributed by atoms with Gasteiger partial charge in [-0.3, -0.25) is 10.1 Å². The number of fused-ring (bicyclic) bond motifs is 1. The van der Waals surface area contributed by atoms with E-state index in [1.54, 1.807) is 0 Å². The third kappa shape index (κ3) is 5.86. The summed E-state index contributed by atoms with van der Waals surface area (Å²) in [5.74, 6) is -0.827. The molecule has 3 amide bonds. The van der Waals surface area contributed by atoms with E-state index >= 15 is 0 Å². The first kappa shape index (κ1) is 20.5. The van der Waals surface area contributed by atoms with Crippen LogP contribution in [0.15, 0.2) is 42.5 Å². The summed E-state index contributed by atoms with van der Waals surface area (Å²) in [6, 6.07) is 11.3. The van der Waals surface area contributed by atoms with Gasteiger partial charge in [-0.1, -0.05) is 41.9 Å². The van der Waals surface area contributed by atoms with Crippen molar-refractivity contribution in [2.75, 3.05) is 19.8 Å². The monoisotopic (exact) mass is 418 g/mol. The Balaban J connectivity index is 1.48. The fourth-order valence-corrected chi connectivity index (χ4v) is 2.81. The minimum Gasteiger partial charge on any atom is -0.489 e. The smallest absolute Gasteiger partial charge is 0.338 e. The fraction of sp³-hybridized carbons (Fsp3) is 0.250. The SMILES string of the molecule is O=C(COC(=O)c1cc(Cl)c2c(c1)OCCCO2)NC(=O)NCc1ccccc1. The summed E-state index contributed by atoms with van der Waals surface area (Å²) in [5, 5.41) is 4.84. The Kier molecular flexibility index (Phi) is 6.91. The number of halogens is 1. The lowest BCUT2D eigenvalue weighted by molar-refractivity contribution is -0.123. The summed E-state index contributed by atoms with van der Waals surface area (Å²) < 4.78 is 16.0. The Morgan fingerprint density at radius 2 is 1.83 bits per heavy atom.